The minimum Gasteiger partial charge on any atom is -0.508 e. The molecule has 0 radical (unpaired) electrons. The highest BCUT2D eigenvalue weighted by molar-refractivity contribution is 5.57. The maximum atomic E-state index is 10.0. The molecule has 1 fully saturated rings. The number of hydrogen-bond donors (Lipinski definition) is 2. The van der Waals surface area contributed by atoms with Crippen LogP contribution in [0.3, 0.4) is 0 Å². The molecule has 0 spiro atoms. The van der Waals surface area contributed by atoms with Crippen molar-refractivity contribution in [2.45, 2.75) is 25.3 Å². The van der Waals surface area contributed by atoms with Crippen LogP contribution in [-0.4, -0.2) is 29.6 Å². The van der Waals surface area contributed by atoms with Gasteiger partial charge in [0, 0.05) is 36.8 Å². The number of piperidine rings is 1. The number of hydrogen-bond acceptors (Lipinski definition) is 3. The maximum absolute atomic E-state index is 10.0. The van der Waals surface area contributed by atoms with Crippen molar-refractivity contribution in [1.29, 1.82) is 0 Å². The first-order chi connectivity index (χ1) is 11.3. The van der Waals surface area contributed by atoms with Gasteiger partial charge in [0.25, 0.3) is 0 Å². The van der Waals surface area contributed by atoms with E-state index in [1.807, 2.05) is 18.2 Å². The molecule has 2 aromatic carbocycles. The lowest BCUT2D eigenvalue weighted by atomic mass is 9.82. The molecule has 23 heavy (non-hydrogen) atoms. The largest absolute Gasteiger partial charge is 0.508 e. The summed E-state index contributed by atoms with van der Waals surface area (Å²) in [6.45, 7) is 4.17. The number of para-hydroxylation sites is 2. The molecule has 4 rings (SSSR count). The van der Waals surface area contributed by atoms with Crippen LogP contribution in [0, 0.1) is 5.92 Å². The fraction of sp³-hybridized carbons (Fsp3) is 0.400. The summed E-state index contributed by atoms with van der Waals surface area (Å²) in [4.78, 5) is 2.50. The van der Waals surface area contributed by atoms with Crippen LogP contribution in [0.1, 0.15) is 29.9 Å². The zero-order valence-corrected chi connectivity index (χ0v) is 13.4. The summed E-state index contributed by atoms with van der Waals surface area (Å²) in [5.41, 5.74) is 3.84. The lowest BCUT2D eigenvalue weighted by Crippen LogP contribution is -2.37. The van der Waals surface area contributed by atoms with Crippen molar-refractivity contribution >= 4 is 5.69 Å². The van der Waals surface area contributed by atoms with E-state index in [0.717, 1.165) is 31.7 Å². The van der Waals surface area contributed by atoms with Gasteiger partial charge in [-0.15, -0.1) is 0 Å². The summed E-state index contributed by atoms with van der Waals surface area (Å²) < 4.78 is 0. The van der Waals surface area contributed by atoms with Gasteiger partial charge in [-0.25, -0.2) is 0 Å². The van der Waals surface area contributed by atoms with Crippen molar-refractivity contribution in [1.82, 2.24) is 4.90 Å². The second kappa shape index (κ2) is 6.25. The van der Waals surface area contributed by atoms with Crippen LogP contribution in [-0.2, 0) is 6.54 Å². The maximum Gasteiger partial charge on any atom is 0.120 e. The quantitative estimate of drug-likeness (QED) is 0.905. The van der Waals surface area contributed by atoms with Gasteiger partial charge < -0.3 is 10.4 Å². The highest BCUT2D eigenvalue weighted by Gasteiger charge is 2.32. The van der Waals surface area contributed by atoms with Gasteiger partial charge in [-0.1, -0.05) is 36.4 Å². The lowest BCUT2D eigenvalue weighted by Gasteiger charge is -2.36. The molecule has 0 aromatic heterocycles. The highest BCUT2D eigenvalue weighted by atomic mass is 16.3. The normalized spacial score (nSPS) is 24.2. The predicted molar refractivity (Wildman–Crippen MR) is 93.8 cm³/mol. The molecule has 2 aliphatic rings. The molecular weight excluding hydrogens is 284 g/mol. The van der Waals surface area contributed by atoms with Gasteiger partial charge in [-0.3, -0.25) is 4.90 Å². The zero-order chi connectivity index (χ0) is 15.6. The molecule has 120 valence electrons. The second-order valence-electron chi connectivity index (χ2n) is 6.84. The number of rotatable bonds is 3. The highest BCUT2D eigenvalue weighted by Crippen LogP contribution is 2.39. The van der Waals surface area contributed by atoms with Crippen LogP contribution < -0.4 is 5.32 Å². The van der Waals surface area contributed by atoms with Gasteiger partial charge in [0.2, 0.25) is 0 Å². The molecule has 0 aliphatic carbocycles. The third-order valence-electron chi connectivity index (χ3n) is 5.37. The molecule has 0 bridgehead atoms. The molecule has 2 aliphatic heterocycles. The minimum atomic E-state index is 0.419. The summed E-state index contributed by atoms with van der Waals surface area (Å²) in [7, 11) is 0. The Balaban J connectivity index is 1.47. The van der Waals surface area contributed by atoms with E-state index in [9.17, 15) is 5.11 Å². The lowest BCUT2D eigenvalue weighted by molar-refractivity contribution is 0.152. The Hall–Kier alpha value is -2.00. The number of likely N-dealkylation sites (tertiary alicyclic amines) is 1. The molecular formula is C20H24N2O. The topological polar surface area (TPSA) is 35.5 Å². The molecule has 2 atom stereocenters. The first-order valence-corrected chi connectivity index (χ1v) is 8.63. The van der Waals surface area contributed by atoms with E-state index in [1.54, 1.807) is 6.07 Å². The average Bonchev–Trinajstić information content (AvgIpc) is 3.01. The summed E-state index contributed by atoms with van der Waals surface area (Å²) >= 11 is 0. The Morgan fingerprint density at radius 2 is 1.91 bits per heavy atom. The summed E-state index contributed by atoms with van der Waals surface area (Å²) in [6.07, 6.45) is 2.55. The molecule has 3 nitrogen and oxygen atoms in total. The Kier molecular flexibility index (Phi) is 3.96. The molecule has 0 saturated carbocycles. The summed E-state index contributed by atoms with van der Waals surface area (Å²) in [5, 5.41) is 13.6. The molecule has 2 aromatic rings. The van der Waals surface area contributed by atoms with Crippen molar-refractivity contribution in [3.8, 4) is 5.75 Å². The van der Waals surface area contributed by atoms with Gasteiger partial charge in [0.15, 0.2) is 0 Å². The van der Waals surface area contributed by atoms with Crippen LogP contribution in [0.2, 0.25) is 0 Å². The summed E-state index contributed by atoms with van der Waals surface area (Å²) in [5.74, 6) is 1.74. The Labute approximate surface area is 138 Å². The van der Waals surface area contributed by atoms with Gasteiger partial charge in [-0.2, -0.15) is 0 Å². The fourth-order valence-electron chi connectivity index (χ4n) is 4.18. The second-order valence-corrected chi connectivity index (χ2v) is 6.84. The van der Waals surface area contributed by atoms with Gasteiger partial charge in [0.1, 0.15) is 5.75 Å². The SMILES string of the molecule is Oc1ccccc1CN1CCC[C@H](C2CNc3ccccc32)C1. The van der Waals surface area contributed by atoms with E-state index >= 15 is 0 Å². The van der Waals surface area contributed by atoms with E-state index in [2.05, 4.69) is 34.5 Å². The van der Waals surface area contributed by atoms with E-state index in [0.29, 0.717) is 17.6 Å². The molecule has 2 heterocycles. The standard InChI is InChI=1S/C20H24N2O/c23-20-10-4-1-6-16(20)14-22-11-5-7-15(13-22)18-12-21-19-9-3-2-8-17(18)19/h1-4,6,8-10,15,18,21,23H,5,7,11-14H2/t15-,18?/m0/s1. The summed E-state index contributed by atoms with van der Waals surface area (Å²) in [6, 6.07) is 16.5. The zero-order valence-electron chi connectivity index (χ0n) is 13.4. The minimum absolute atomic E-state index is 0.419. The van der Waals surface area contributed by atoms with E-state index in [1.165, 1.54) is 24.1 Å². The first-order valence-electron chi connectivity index (χ1n) is 8.63. The number of nitrogens with zero attached hydrogens (tertiary/aromatic N) is 1. The van der Waals surface area contributed by atoms with Crippen LogP contribution >= 0.6 is 0 Å². The van der Waals surface area contributed by atoms with Crippen molar-refractivity contribution in [3.63, 3.8) is 0 Å². The van der Waals surface area contributed by atoms with Crippen LogP contribution in [0.15, 0.2) is 48.5 Å². The molecule has 1 unspecified atom stereocenters. The van der Waals surface area contributed by atoms with Gasteiger partial charge >= 0.3 is 0 Å². The Morgan fingerprint density at radius 3 is 2.83 bits per heavy atom. The van der Waals surface area contributed by atoms with Crippen LogP contribution in [0.4, 0.5) is 5.69 Å². The average molecular weight is 308 g/mol. The van der Waals surface area contributed by atoms with Crippen molar-refractivity contribution in [2.24, 2.45) is 5.92 Å². The molecule has 1 saturated heterocycles. The molecule has 3 heteroatoms. The molecule has 0 amide bonds. The number of benzene rings is 2. The third kappa shape index (κ3) is 2.93. The predicted octanol–water partition coefficient (Wildman–Crippen LogP) is 3.81. The number of anilines is 1. The third-order valence-corrected chi connectivity index (χ3v) is 5.37. The fourth-order valence-corrected chi connectivity index (χ4v) is 4.18. The number of fused-ring (bicyclic) bond motifs is 1. The number of nitrogens with one attached hydrogen (secondary N) is 1. The van der Waals surface area contributed by atoms with E-state index in [4.69, 9.17) is 0 Å². The number of phenols is 1. The Bertz CT molecular complexity index is 685. The Morgan fingerprint density at radius 1 is 1.09 bits per heavy atom. The number of phenolic OH excluding ortho intramolecular Hbond substituents is 1. The van der Waals surface area contributed by atoms with Gasteiger partial charge in [-0.05, 0) is 43.0 Å². The van der Waals surface area contributed by atoms with Crippen molar-refractivity contribution in [3.05, 3.63) is 59.7 Å². The van der Waals surface area contributed by atoms with Crippen molar-refractivity contribution < 1.29 is 5.11 Å². The van der Waals surface area contributed by atoms with Crippen LogP contribution in [0.5, 0.6) is 5.75 Å². The van der Waals surface area contributed by atoms with E-state index < -0.39 is 0 Å². The van der Waals surface area contributed by atoms with Crippen molar-refractivity contribution in [2.75, 3.05) is 25.0 Å². The molecule has 2 N–H and O–H groups in total. The number of aromatic hydroxyl groups is 1. The van der Waals surface area contributed by atoms with Crippen LogP contribution in [0.25, 0.3) is 0 Å². The van der Waals surface area contributed by atoms with E-state index in [-0.39, 0.29) is 0 Å². The first kappa shape index (κ1) is 14.6. The smallest absolute Gasteiger partial charge is 0.120 e. The monoisotopic (exact) mass is 308 g/mol. The van der Waals surface area contributed by atoms with Gasteiger partial charge in [0.05, 0.1) is 0 Å².